The normalized spacial score (nSPS) is 38.2. The highest BCUT2D eigenvalue weighted by Gasteiger charge is 2.48. The Kier molecular flexibility index (Phi) is 4.67. The van der Waals surface area contributed by atoms with Gasteiger partial charge in [-0.05, 0) is 45.3 Å². The van der Waals surface area contributed by atoms with Gasteiger partial charge in [-0.2, -0.15) is 11.8 Å². The molecular formula is C15H26N2O2S. The lowest BCUT2D eigenvalue weighted by molar-refractivity contribution is -0.156. The van der Waals surface area contributed by atoms with Crippen molar-refractivity contribution in [3.8, 4) is 0 Å². The number of amides is 2. The fourth-order valence-electron chi connectivity index (χ4n) is 3.30. The van der Waals surface area contributed by atoms with E-state index in [4.69, 9.17) is 0 Å². The number of hydrogen-bond donors (Lipinski definition) is 1. The van der Waals surface area contributed by atoms with Gasteiger partial charge in [0.25, 0.3) is 0 Å². The van der Waals surface area contributed by atoms with Crippen molar-refractivity contribution in [1.82, 2.24) is 10.2 Å². The summed E-state index contributed by atoms with van der Waals surface area (Å²) in [6.45, 7) is 7.83. The Morgan fingerprint density at radius 2 is 2.05 bits per heavy atom. The van der Waals surface area contributed by atoms with Gasteiger partial charge in [0.15, 0.2) is 0 Å². The van der Waals surface area contributed by atoms with Crippen molar-refractivity contribution < 1.29 is 9.59 Å². The van der Waals surface area contributed by atoms with Gasteiger partial charge in [0.2, 0.25) is 11.8 Å². The minimum atomic E-state index is -0.723. The quantitative estimate of drug-likeness (QED) is 0.865. The summed E-state index contributed by atoms with van der Waals surface area (Å²) in [5.41, 5.74) is -0.723. The fourth-order valence-corrected chi connectivity index (χ4v) is 4.43. The average molecular weight is 298 g/mol. The number of thioether (sulfide) groups is 1. The summed E-state index contributed by atoms with van der Waals surface area (Å²) in [7, 11) is 0. The van der Waals surface area contributed by atoms with Crippen LogP contribution >= 0.6 is 11.8 Å². The van der Waals surface area contributed by atoms with Crippen LogP contribution in [0.1, 0.15) is 53.4 Å². The fraction of sp³-hybridized carbons (Fsp3) is 0.867. The molecule has 1 saturated heterocycles. The van der Waals surface area contributed by atoms with Crippen LogP contribution < -0.4 is 5.32 Å². The summed E-state index contributed by atoms with van der Waals surface area (Å²) in [6, 6.07) is -0.101. The maximum absolute atomic E-state index is 12.8. The maximum Gasteiger partial charge on any atom is 0.248 e. The average Bonchev–Trinajstić information content (AvgIpc) is 2.86. The van der Waals surface area contributed by atoms with E-state index in [1.54, 1.807) is 0 Å². The molecule has 114 valence electrons. The predicted octanol–water partition coefficient (Wildman–Crippen LogP) is 2.18. The van der Waals surface area contributed by atoms with Crippen LogP contribution in [0, 0.1) is 0 Å². The van der Waals surface area contributed by atoms with Crippen LogP contribution in [0.4, 0.5) is 0 Å². The first-order valence-electron chi connectivity index (χ1n) is 7.69. The highest BCUT2D eigenvalue weighted by molar-refractivity contribution is 7.99. The molecule has 0 aromatic rings. The van der Waals surface area contributed by atoms with Crippen molar-refractivity contribution >= 4 is 23.6 Å². The molecule has 1 aliphatic heterocycles. The second-order valence-corrected chi connectivity index (χ2v) is 7.68. The molecule has 1 N–H and O–H groups in total. The van der Waals surface area contributed by atoms with Crippen LogP contribution in [0.2, 0.25) is 0 Å². The first-order valence-corrected chi connectivity index (χ1v) is 8.74. The zero-order chi connectivity index (χ0) is 14.9. The first-order chi connectivity index (χ1) is 9.42. The monoisotopic (exact) mass is 298 g/mol. The van der Waals surface area contributed by atoms with Crippen LogP contribution in [0.5, 0.6) is 0 Å². The van der Waals surface area contributed by atoms with E-state index in [1.807, 2.05) is 37.4 Å². The molecule has 0 aromatic carbocycles. The van der Waals surface area contributed by atoms with E-state index in [1.165, 1.54) is 0 Å². The number of carbonyl (C=O) groups excluding carboxylic acids is 2. The van der Waals surface area contributed by atoms with Crippen molar-refractivity contribution in [3.05, 3.63) is 0 Å². The molecule has 4 unspecified atom stereocenters. The summed E-state index contributed by atoms with van der Waals surface area (Å²) in [5, 5.41) is 3.54. The molecule has 2 fully saturated rings. The molecule has 0 aromatic heterocycles. The smallest absolute Gasteiger partial charge is 0.248 e. The summed E-state index contributed by atoms with van der Waals surface area (Å²) in [6.07, 6.45) is 3.85. The van der Waals surface area contributed by atoms with Gasteiger partial charge in [0, 0.05) is 11.3 Å². The van der Waals surface area contributed by atoms with Crippen LogP contribution in [-0.2, 0) is 9.59 Å². The molecule has 2 aliphatic rings. The third-order valence-electron chi connectivity index (χ3n) is 4.76. The molecule has 0 bridgehead atoms. The third-order valence-corrected chi connectivity index (χ3v) is 5.99. The first kappa shape index (κ1) is 15.7. The predicted molar refractivity (Wildman–Crippen MR) is 82.7 cm³/mol. The van der Waals surface area contributed by atoms with E-state index in [0.29, 0.717) is 11.7 Å². The molecule has 0 spiro atoms. The molecule has 2 amide bonds. The van der Waals surface area contributed by atoms with Gasteiger partial charge in [0.05, 0.1) is 0 Å². The molecule has 4 atom stereocenters. The molecule has 1 aliphatic carbocycles. The number of carbonyl (C=O) groups is 2. The molecule has 20 heavy (non-hydrogen) atoms. The largest absolute Gasteiger partial charge is 0.340 e. The Morgan fingerprint density at radius 1 is 1.35 bits per heavy atom. The van der Waals surface area contributed by atoms with E-state index in [-0.39, 0.29) is 23.9 Å². The van der Waals surface area contributed by atoms with Crippen LogP contribution in [0.3, 0.4) is 0 Å². The highest BCUT2D eigenvalue weighted by atomic mass is 32.2. The van der Waals surface area contributed by atoms with Crippen LogP contribution in [-0.4, -0.2) is 45.3 Å². The van der Waals surface area contributed by atoms with Crippen molar-refractivity contribution in [2.24, 2.45) is 0 Å². The number of hydrogen-bond acceptors (Lipinski definition) is 3. The molecular weight excluding hydrogens is 272 g/mol. The molecule has 0 radical (unpaired) electrons. The Balaban J connectivity index is 2.16. The minimum Gasteiger partial charge on any atom is -0.340 e. The van der Waals surface area contributed by atoms with E-state index in [2.05, 4.69) is 12.2 Å². The van der Waals surface area contributed by atoms with E-state index in [9.17, 15) is 9.59 Å². The minimum absolute atomic E-state index is 0.0134. The summed E-state index contributed by atoms with van der Waals surface area (Å²) < 4.78 is 0. The number of nitrogens with zero attached hydrogens (tertiary/aromatic N) is 1. The Bertz CT molecular complexity index is 401. The molecule has 4 nitrogen and oxygen atoms in total. The summed E-state index contributed by atoms with van der Waals surface area (Å²) >= 11 is 1.98. The lowest BCUT2D eigenvalue weighted by Crippen LogP contribution is -2.70. The van der Waals surface area contributed by atoms with E-state index >= 15 is 0 Å². The SMILES string of the molecule is CCSC1CCC(N2C(=O)C(C)(CC)NC(=O)C2C)C1. The second-order valence-electron chi connectivity index (χ2n) is 6.11. The van der Waals surface area contributed by atoms with Crippen molar-refractivity contribution in [2.75, 3.05) is 5.75 Å². The van der Waals surface area contributed by atoms with Gasteiger partial charge >= 0.3 is 0 Å². The Morgan fingerprint density at radius 3 is 2.65 bits per heavy atom. The van der Waals surface area contributed by atoms with Gasteiger partial charge in [-0.25, -0.2) is 0 Å². The Hall–Kier alpha value is -0.710. The number of piperazine rings is 1. The van der Waals surface area contributed by atoms with Crippen LogP contribution in [0.25, 0.3) is 0 Å². The summed E-state index contributed by atoms with van der Waals surface area (Å²) in [5.74, 6) is 1.20. The van der Waals surface area contributed by atoms with Gasteiger partial charge in [-0.3, -0.25) is 9.59 Å². The van der Waals surface area contributed by atoms with Crippen molar-refractivity contribution in [3.63, 3.8) is 0 Å². The van der Waals surface area contributed by atoms with E-state index < -0.39 is 5.54 Å². The molecule has 5 heteroatoms. The topological polar surface area (TPSA) is 49.4 Å². The van der Waals surface area contributed by atoms with Crippen LogP contribution in [0.15, 0.2) is 0 Å². The lowest BCUT2D eigenvalue weighted by Gasteiger charge is -2.45. The maximum atomic E-state index is 12.8. The van der Waals surface area contributed by atoms with Crippen molar-refractivity contribution in [1.29, 1.82) is 0 Å². The van der Waals surface area contributed by atoms with Gasteiger partial charge < -0.3 is 10.2 Å². The zero-order valence-electron chi connectivity index (χ0n) is 12.9. The Labute approximate surface area is 126 Å². The highest BCUT2D eigenvalue weighted by Crippen LogP contribution is 2.36. The lowest BCUT2D eigenvalue weighted by atomic mass is 9.90. The van der Waals surface area contributed by atoms with Gasteiger partial charge in [0.1, 0.15) is 11.6 Å². The van der Waals surface area contributed by atoms with Gasteiger partial charge in [-0.15, -0.1) is 0 Å². The summed E-state index contributed by atoms with van der Waals surface area (Å²) in [4.78, 5) is 26.8. The van der Waals surface area contributed by atoms with Gasteiger partial charge in [-0.1, -0.05) is 13.8 Å². The number of nitrogens with one attached hydrogen (secondary N) is 1. The molecule has 2 rings (SSSR count). The second kappa shape index (κ2) is 5.96. The third kappa shape index (κ3) is 2.69. The standard InChI is InChI=1S/C15H26N2O2S/c1-5-15(4)14(19)17(10(3)13(18)16-15)11-7-8-12(9-11)20-6-2/h10-12H,5-9H2,1-4H3,(H,16,18). The van der Waals surface area contributed by atoms with Crippen molar-refractivity contribution in [2.45, 2.75) is 76.3 Å². The van der Waals surface area contributed by atoms with E-state index in [0.717, 1.165) is 25.0 Å². The number of rotatable bonds is 4. The molecule has 1 heterocycles. The zero-order valence-corrected chi connectivity index (χ0v) is 13.8. The molecule has 1 saturated carbocycles.